The molecule has 0 aromatic rings. The second-order valence-corrected chi connectivity index (χ2v) is 5.85. The van der Waals surface area contributed by atoms with Crippen molar-refractivity contribution in [3.8, 4) is 0 Å². The number of hydrogen-bond acceptors (Lipinski definition) is 2. The summed E-state index contributed by atoms with van der Waals surface area (Å²) in [4.78, 5) is 0. The maximum atomic E-state index is 7.00. The van der Waals surface area contributed by atoms with Crippen LogP contribution in [0.15, 0.2) is 12.7 Å². The summed E-state index contributed by atoms with van der Waals surface area (Å²) in [5.41, 5.74) is 0. The van der Waals surface area contributed by atoms with E-state index in [9.17, 15) is 0 Å². The van der Waals surface area contributed by atoms with Crippen LogP contribution in [0.2, 0.25) is 0 Å². The number of allylic oxidation sites excluding steroid dienone is 1. The maximum Gasteiger partial charge on any atom is 0.0462 e. The van der Waals surface area contributed by atoms with Crippen molar-refractivity contribution in [2.75, 3.05) is 20.8 Å². The molecule has 0 bridgehead atoms. The van der Waals surface area contributed by atoms with Gasteiger partial charge in [-0.25, -0.2) is 0 Å². The molecule has 0 saturated heterocycles. The zero-order chi connectivity index (χ0) is 16.2. The molecule has 0 amide bonds. The molecule has 1 N–H and O–H groups in total. The van der Waals surface area contributed by atoms with Gasteiger partial charge in [0.25, 0.3) is 0 Å². The van der Waals surface area contributed by atoms with Gasteiger partial charge in [0.05, 0.1) is 0 Å². The standard InChI is InChI=1S/C9H20O.C8H16.CH4O/c1-9(2)7-5-4-6-8-10-3;1-4-5-6-7-8(2)3;1-2/h9H,4-8H2,1-3H3;4,8H,1,5-7H2,2-3H3;2H,1H3. The fourth-order valence-corrected chi connectivity index (χ4v) is 1.65. The highest BCUT2D eigenvalue weighted by atomic mass is 16.5. The largest absolute Gasteiger partial charge is 0.400 e. The molecular weight excluding hydrogens is 248 g/mol. The Bertz CT molecular complexity index is 153. The van der Waals surface area contributed by atoms with E-state index in [4.69, 9.17) is 9.84 Å². The van der Waals surface area contributed by atoms with Gasteiger partial charge in [-0.05, 0) is 31.1 Å². The third-order valence-corrected chi connectivity index (χ3v) is 2.82. The summed E-state index contributed by atoms with van der Waals surface area (Å²) < 4.78 is 4.95. The summed E-state index contributed by atoms with van der Waals surface area (Å²) in [5, 5.41) is 7.00. The predicted octanol–water partition coefficient (Wildman–Crippen LogP) is 5.46. The highest BCUT2D eigenvalue weighted by Gasteiger charge is 1.93. The summed E-state index contributed by atoms with van der Waals surface area (Å²) in [6.45, 7) is 13.6. The summed E-state index contributed by atoms with van der Waals surface area (Å²) in [7, 11) is 2.77. The highest BCUT2D eigenvalue weighted by molar-refractivity contribution is 4.65. The van der Waals surface area contributed by atoms with E-state index in [1.807, 2.05) is 6.08 Å². The smallest absolute Gasteiger partial charge is 0.0462 e. The Labute approximate surface area is 128 Å². The van der Waals surface area contributed by atoms with Gasteiger partial charge in [-0.3, -0.25) is 0 Å². The van der Waals surface area contributed by atoms with Crippen LogP contribution < -0.4 is 0 Å². The predicted molar refractivity (Wildman–Crippen MR) is 92.2 cm³/mol. The van der Waals surface area contributed by atoms with Gasteiger partial charge in [-0.15, -0.1) is 6.58 Å². The van der Waals surface area contributed by atoms with E-state index in [0.717, 1.165) is 25.6 Å². The summed E-state index contributed by atoms with van der Waals surface area (Å²) >= 11 is 0. The molecule has 0 radical (unpaired) electrons. The Kier molecular flexibility index (Phi) is 29.3. The van der Waals surface area contributed by atoms with Crippen LogP contribution in [0.5, 0.6) is 0 Å². The van der Waals surface area contributed by atoms with Crippen molar-refractivity contribution in [2.24, 2.45) is 11.8 Å². The average molecular weight is 289 g/mol. The molecule has 0 aliphatic carbocycles. The molecule has 0 saturated carbocycles. The van der Waals surface area contributed by atoms with E-state index < -0.39 is 0 Å². The molecule has 0 heterocycles. The van der Waals surface area contributed by atoms with Crippen molar-refractivity contribution in [3.63, 3.8) is 0 Å². The summed E-state index contributed by atoms with van der Waals surface area (Å²) in [5.74, 6) is 1.72. The minimum Gasteiger partial charge on any atom is -0.400 e. The quantitative estimate of drug-likeness (QED) is 0.427. The minimum atomic E-state index is 0.856. The van der Waals surface area contributed by atoms with E-state index >= 15 is 0 Å². The Morgan fingerprint density at radius 1 is 0.900 bits per heavy atom. The van der Waals surface area contributed by atoms with Crippen molar-refractivity contribution < 1.29 is 9.84 Å². The van der Waals surface area contributed by atoms with Gasteiger partial charge in [0.2, 0.25) is 0 Å². The van der Waals surface area contributed by atoms with Gasteiger partial charge in [0, 0.05) is 20.8 Å². The molecule has 0 atom stereocenters. The lowest BCUT2D eigenvalue weighted by Gasteiger charge is -2.02. The third kappa shape index (κ3) is 36.1. The molecule has 0 aromatic heterocycles. The molecule has 0 rings (SSSR count). The van der Waals surface area contributed by atoms with Crippen LogP contribution in [0.25, 0.3) is 0 Å². The lowest BCUT2D eigenvalue weighted by molar-refractivity contribution is 0.191. The monoisotopic (exact) mass is 288 g/mol. The number of aliphatic hydroxyl groups is 1. The molecule has 0 aliphatic rings. The van der Waals surface area contributed by atoms with Crippen molar-refractivity contribution in [2.45, 2.75) is 72.6 Å². The second kappa shape index (κ2) is 23.7. The Balaban J connectivity index is -0.000000262. The Hall–Kier alpha value is -0.340. The van der Waals surface area contributed by atoms with Crippen LogP contribution in [0.4, 0.5) is 0 Å². The molecule has 2 nitrogen and oxygen atoms in total. The first-order valence-electron chi connectivity index (χ1n) is 8.09. The van der Waals surface area contributed by atoms with Crippen LogP contribution in [0, 0.1) is 11.8 Å². The first kappa shape index (κ1) is 24.7. The lowest BCUT2D eigenvalue weighted by atomic mass is 10.1. The van der Waals surface area contributed by atoms with Crippen molar-refractivity contribution in [1.29, 1.82) is 0 Å². The van der Waals surface area contributed by atoms with E-state index in [0.29, 0.717) is 0 Å². The van der Waals surface area contributed by atoms with Gasteiger partial charge in [0.15, 0.2) is 0 Å². The molecule has 124 valence electrons. The number of methoxy groups -OCH3 is 1. The average Bonchev–Trinajstić information content (AvgIpc) is 2.41. The van der Waals surface area contributed by atoms with Crippen LogP contribution in [0.3, 0.4) is 0 Å². The van der Waals surface area contributed by atoms with Gasteiger partial charge in [-0.2, -0.15) is 0 Å². The molecular formula is C18H40O2. The SMILES string of the molecule is C=CCCCC(C)C.CO.COCCCCCC(C)C. The summed E-state index contributed by atoms with van der Waals surface area (Å²) in [6, 6.07) is 0. The number of rotatable bonds is 10. The molecule has 20 heavy (non-hydrogen) atoms. The van der Waals surface area contributed by atoms with E-state index in [-0.39, 0.29) is 0 Å². The molecule has 0 aromatic carbocycles. The van der Waals surface area contributed by atoms with Crippen LogP contribution >= 0.6 is 0 Å². The zero-order valence-electron chi connectivity index (χ0n) is 15.0. The van der Waals surface area contributed by atoms with E-state index in [2.05, 4.69) is 34.3 Å². The second-order valence-electron chi connectivity index (χ2n) is 5.85. The third-order valence-electron chi connectivity index (χ3n) is 2.82. The van der Waals surface area contributed by atoms with E-state index in [1.165, 1.54) is 44.9 Å². The zero-order valence-corrected chi connectivity index (χ0v) is 15.0. The van der Waals surface area contributed by atoms with Crippen molar-refractivity contribution in [3.05, 3.63) is 12.7 Å². The van der Waals surface area contributed by atoms with Crippen molar-refractivity contribution in [1.82, 2.24) is 0 Å². The first-order chi connectivity index (χ1) is 9.54. The first-order valence-corrected chi connectivity index (χ1v) is 8.09. The highest BCUT2D eigenvalue weighted by Crippen LogP contribution is 2.07. The molecule has 2 heteroatoms. The van der Waals surface area contributed by atoms with Gasteiger partial charge in [0.1, 0.15) is 0 Å². The van der Waals surface area contributed by atoms with E-state index in [1.54, 1.807) is 7.11 Å². The molecule has 0 unspecified atom stereocenters. The fourth-order valence-electron chi connectivity index (χ4n) is 1.65. The molecule has 0 aliphatic heterocycles. The number of ether oxygens (including phenoxy) is 1. The minimum absolute atomic E-state index is 0.856. The van der Waals surface area contributed by atoms with Crippen LogP contribution in [-0.4, -0.2) is 25.9 Å². The molecule has 0 fully saturated rings. The molecule has 0 spiro atoms. The number of hydrogen-bond donors (Lipinski definition) is 1. The summed E-state index contributed by atoms with van der Waals surface area (Å²) in [6.07, 6.45) is 11.1. The van der Waals surface area contributed by atoms with Gasteiger partial charge < -0.3 is 9.84 Å². The Morgan fingerprint density at radius 2 is 1.40 bits per heavy atom. The lowest BCUT2D eigenvalue weighted by Crippen LogP contribution is -1.90. The van der Waals surface area contributed by atoms with Crippen LogP contribution in [0.1, 0.15) is 72.6 Å². The van der Waals surface area contributed by atoms with Gasteiger partial charge in [-0.1, -0.05) is 59.5 Å². The van der Waals surface area contributed by atoms with Crippen molar-refractivity contribution >= 4 is 0 Å². The topological polar surface area (TPSA) is 29.5 Å². The maximum absolute atomic E-state index is 7.00. The number of aliphatic hydroxyl groups excluding tert-OH is 1. The number of unbranched alkanes of at least 4 members (excludes halogenated alkanes) is 3. The van der Waals surface area contributed by atoms with Crippen LogP contribution in [-0.2, 0) is 4.74 Å². The fraction of sp³-hybridized carbons (Fsp3) is 0.889. The Morgan fingerprint density at radius 3 is 1.80 bits per heavy atom. The normalized spacial score (nSPS) is 9.65. The van der Waals surface area contributed by atoms with Gasteiger partial charge >= 0.3 is 0 Å².